The molecule has 3 N–H and O–H groups in total. The van der Waals surface area contributed by atoms with E-state index >= 15 is 0 Å². The molecule has 0 aromatic carbocycles. The van der Waals surface area contributed by atoms with Crippen molar-refractivity contribution in [3.05, 3.63) is 17.0 Å². The molecule has 0 saturated carbocycles. The highest BCUT2D eigenvalue weighted by Gasteiger charge is 2.20. The molecule has 18 heavy (non-hydrogen) atoms. The van der Waals surface area contributed by atoms with E-state index in [0.717, 1.165) is 17.0 Å². The monoisotopic (exact) mass is 271 g/mol. The van der Waals surface area contributed by atoms with Crippen LogP contribution in [0.25, 0.3) is 0 Å². The minimum atomic E-state index is -0.240. The van der Waals surface area contributed by atoms with E-state index in [2.05, 4.69) is 9.97 Å². The quantitative estimate of drug-likeness (QED) is 0.589. The lowest BCUT2D eigenvalue weighted by Gasteiger charge is -2.20. The molecule has 0 bridgehead atoms. The minimum absolute atomic E-state index is 0.0233. The summed E-state index contributed by atoms with van der Waals surface area (Å²) in [6.07, 6.45) is 0. The lowest BCUT2D eigenvalue weighted by molar-refractivity contribution is 0.167. The highest BCUT2D eigenvalue weighted by Crippen LogP contribution is 2.23. The first kappa shape index (κ1) is 15.4. The summed E-state index contributed by atoms with van der Waals surface area (Å²) in [5, 5.41) is 9.86. The number of ether oxygens (including phenoxy) is 1. The maximum atomic E-state index is 9.37. The van der Waals surface area contributed by atoms with Gasteiger partial charge in [0.05, 0.1) is 18.5 Å². The zero-order valence-corrected chi connectivity index (χ0v) is 12.1. The van der Waals surface area contributed by atoms with Crippen molar-refractivity contribution in [2.45, 2.75) is 37.2 Å². The van der Waals surface area contributed by atoms with Gasteiger partial charge in [-0.3, -0.25) is 0 Å². The highest BCUT2D eigenvalue weighted by atomic mass is 32.2. The Hall–Kier alpha value is -0.690. The van der Waals surface area contributed by atoms with Crippen molar-refractivity contribution in [2.75, 3.05) is 20.3 Å². The van der Waals surface area contributed by atoms with E-state index in [9.17, 15) is 5.11 Å². The molecular formula is C12H21N3O2S. The molecule has 0 radical (unpaired) electrons. The lowest BCUT2D eigenvalue weighted by Crippen LogP contribution is -2.38. The fourth-order valence-corrected chi connectivity index (χ4v) is 2.47. The Kier molecular flexibility index (Phi) is 6.01. The smallest absolute Gasteiger partial charge is 0.188 e. The van der Waals surface area contributed by atoms with Crippen molar-refractivity contribution in [1.82, 2.24) is 9.97 Å². The van der Waals surface area contributed by atoms with E-state index in [-0.39, 0.29) is 17.9 Å². The summed E-state index contributed by atoms with van der Waals surface area (Å²) in [4.78, 5) is 8.82. The highest BCUT2D eigenvalue weighted by molar-refractivity contribution is 7.99. The van der Waals surface area contributed by atoms with Crippen molar-refractivity contribution in [1.29, 1.82) is 0 Å². The number of nitrogens with two attached hydrogens (primary N) is 1. The van der Waals surface area contributed by atoms with Crippen LogP contribution in [-0.4, -0.2) is 46.7 Å². The van der Waals surface area contributed by atoms with Crippen molar-refractivity contribution >= 4 is 11.8 Å². The third-order valence-electron chi connectivity index (χ3n) is 2.89. The second kappa shape index (κ2) is 7.04. The van der Waals surface area contributed by atoms with Gasteiger partial charge in [0, 0.05) is 24.5 Å². The summed E-state index contributed by atoms with van der Waals surface area (Å²) in [6.45, 7) is 6.29. The second-order valence-corrected chi connectivity index (χ2v) is 5.47. The van der Waals surface area contributed by atoms with Crippen LogP contribution in [0.1, 0.15) is 17.0 Å². The average molecular weight is 271 g/mol. The molecule has 0 amide bonds. The SMILES string of the molecule is COCC(N)C(CO)Sc1nc(C)c(C)c(C)n1. The molecule has 0 aliphatic rings. The van der Waals surface area contributed by atoms with Gasteiger partial charge in [-0.15, -0.1) is 0 Å². The van der Waals surface area contributed by atoms with Crippen LogP contribution in [0.2, 0.25) is 0 Å². The topological polar surface area (TPSA) is 81.3 Å². The van der Waals surface area contributed by atoms with Gasteiger partial charge in [0.2, 0.25) is 0 Å². The predicted molar refractivity (Wildman–Crippen MR) is 72.8 cm³/mol. The van der Waals surface area contributed by atoms with E-state index in [1.807, 2.05) is 20.8 Å². The molecule has 1 heterocycles. The predicted octanol–water partition coefficient (Wildman–Crippen LogP) is 0.829. The molecule has 0 saturated heterocycles. The van der Waals surface area contributed by atoms with Crippen molar-refractivity contribution in [3.8, 4) is 0 Å². The fraction of sp³-hybridized carbons (Fsp3) is 0.667. The number of hydrogen-bond donors (Lipinski definition) is 2. The first-order valence-corrected chi connectivity index (χ1v) is 6.71. The second-order valence-electron chi connectivity index (χ2n) is 4.26. The first-order valence-electron chi connectivity index (χ1n) is 5.83. The number of aromatic nitrogens is 2. The molecule has 5 nitrogen and oxygen atoms in total. The lowest BCUT2D eigenvalue weighted by atomic mass is 10.2. The molecule has 2 atom stereocenters. The number of aliphatic hydroxyl groups is 1. The first-order chi connectivity index (χ1) is 8.49. The van der Waals surface area contributed by atoms with Gasteiger partial charge >= 0.3 is 0 Å². The molecule has 0 spiro atoms. The Morgan fingerprint density at radius 3 is 2.28 bits per heavy atom. The summed E-state index contributed by atoms with van der Waals surface area (Å²) in [6, 6.07) is -0.240. The van der Waals surface area contributed by atoms with Gasteiger partial charge in [0.15, 0.2) is 5.16 Å². The Morgan fingerprint density at radius 2 is 1.83 bits per heavy atom. The Balaban J connectivity index is 2.82. The maximum Gasteiger partial charge on any atom is 0.188 e. The van der Waals surface area contributed by atoms with Gasteiger partial charge in [-0.1, -0.05) is 11.8 Å². The number of aryl methyl sites for hydroxylation is 2. The summed E-state index contributed by atoms with van der Waals surface area (Å²) in [7, 11) is 1.59. The van der Waals surface area contributed by atoms with Gasteiger partial charge < -0.3 is 15.6 Å². The van der Waals surface area contributed by atoms with Gasteiger partial charge in [-0.2, -0.15) is 0 Å². The number of methoxy groups -OCH3 is 1. The number of nitrogens with zero attached hydrogens (tertiary/aromatic N) is 2. The third-order valence-corrected chi connectivity index (χ3v) is 4.08. The largest absolute Gasteiger partial charge is 0.395 e. The average Bonchev–Trinajstić information content (AvgIpc) is 2.33. The van der Waals surface area contributed by atoms with Crippen LogP contribution in [0.4, 0.5) is 0 Å². The van der Waals surface area contributed by atoms with E-state index in [1.165, 1.54) is 11.8 Å². The van der Waals surface area contributed by atoms with E-state index in [0.29, 0.717) is 11.8 Å². The molecule has 0 aliphatic carbocycles. The summed E-state index contributed by atoms with van der Waals surface area (Å²) in [5.41, 5.74) is 8.95. The van der Waals surface area contributed by atoms with Crippen molar-refractivity contribution in [2.24, 2.45) is 5.73 Å². The van der Waals surface area contributed by atoms with E-state index < -0.39 is 0 Å². The van der Waals surface area contributed by atoms with Crippen LogP contribution < -0.4 is 5.73 Å². The van der Waals surface area contributed by atoms with Crippen LogP contribution in [0, 0.1) is 20.8 Å². The summed E-state index contributed by atoms with van der Waals surface area (Å²) < 4.78 is 5.00. The fourth-order valence-electron chi connectivity index (χ4n) is 1.49. The van der Waals surface area contributed by atoms with Crippen LogP contribution in [0.15, 0.2) is 5.16 Å². The summed E-state index contributed by atoms with van der Waals surface area (Å²) >= 11 is 1.40. The van der Waals surface area contributed by atoms with Gasteiger partial charge in [-0.25, -0.2) is 9.97 Å². The molecule has 1 aromatic heterocycles. The molecule has 0 fully saturated rings. The molecule has 2 unspecified atom stereocenters. The molecule has 0 aliphatic heterocycles. The molecule has 6 heteroatoms. The van der Waals surface area contributed by atoms with Gasteiger partial charge in [0.1, 0.15) is 0 Å². The Labute approximate surface area is 112 Å². The van der Waals surface area contributed by atoms with E-state index in [4.69, 9.17) is 10.5 Å². The molecular weight excluding hydrogens is 250 g/mol. The molecule has 1 rings (SSSR count). The van der Waals surface area contributed by atoms with Crippen LogP contribution in [0.5, 0.6) is 0 Å². The van der Waals surface area contributed by atoms with Crippen LogP contribution in [0.3, 0.4) is 0 Å². The molecule has 102 valence electrons. The van der Waals surface area contributed by atoms with Gasteiger partial charge in [-0.05, 0) is 26.3 Å². The third kappa shape index (κ3) is 3.91. The van der Waals surface area contributed by atoms with Crippen molar-refractivity contribution < 1.29 is 9.84 Å². The number of thioether (sulfide) groups is 1. The summed E-state index contributed by atoms with van der Waals surface area (Å²) in [5.74, 6) is 0. The van der Waals surface area contributed by atoms with E-state index in [1.54, 1.807) is 7.11 Å². The Bertz CT molecular complexity index is 378. The minimum Gasteiger partial charge on any atom is -0.395 e. The van der Waals surface area contributed by atoms with Crippen molar-refractivity contribution in [3.63, 3.8) is 0 Å². The normalized spacial score (nSPS) is 14.6. The van der Waals surface area contributed by atoms with Crippen LogP contribution in [-0.2, 0) is 4.74 Å². The molecule has 1 aromatic rings. The Morgan fingerprint density at radius 1 is 1.28 bits per heavy atom. The zero-order chi connectivity index (χ0) is 13.7. The van der Waals surface area contributed by atoms with Gasteiger partial charge in [0.25, 0.3) is 0 Å². The number of hydrogen-bond acceptors (Lipinski definition) is 6. The van der Waals surface area contributed by atoms with Crippen LogP contribution >= 0.6 is 11.8 Å². The number of rotatable bonds is 6. The maximum absolute atomic E-state index is 9.37. The zero-order valence-electron chi connectivity index (χ0n) is 11.3. The number of aliphatic hydroxyl groups excluding tert-OH is 1. The standard InChI is InChI=1S/C12H21N3O2S/c1-7-8(2)14-12(15-9(7)3)18-11(5-16)10(13)6-17-4/h10-11,16H,5-6,13H2,1-4H3.